The Bertz CT molecular complexity index is 817. The molecular weight excluding hydrogens is 473 g/mol. The topological polar surface area (TPSA) is 91.0 Å². The highest BCUT2D eigenvalue weighted by molar-refractivity contribution is 7.47. The standard InChI is InChI=1S/C29H52NO5P/c1-23(2)10-6-11-24(3)12-7-13-25(4)14-8-18-29(5)19-17-26-22-27(15-16-28(26)34-29)35-36(31,32)33-21-9-20-30/h15-16,22-25H,6-14,17-21,30H2,1-5H3,(H,31,32)/t24-,25-,29-/m0/s1. The second-order valence-corrected chi connectivity index (χ2v) is 13.1. The van der Waals surface area contributed by atoms with Crippen LogP contribution in [0.2, 0.25) is 0 Å². The molecule has 7 heteroatoms. The lowest BCUT2D eigenvalue weighted by Gasteiger charge is -2.36. The van der Waals surface area contributed by atoms with Crippen molar-refractivity contribution in [3.8, 4) is 11.5 Å². The molecule has 2 rings (SSSR count). The van der Waals surface area contributed by atoms with Gasteiger partial charge < -0.3 is 15.0 Å². The predicted octanol–water partition coefficient (Wildman–Crippen LogP) is 8.05. The first-order valence-electron chi connectivity index (χ1n) is 14.2. The highest BCUT2D eigenvalue weighted by atomic mass is 31.2. The summed E-state index contributed by atoms with van der Waals surface area (Å²) in [6.07, 6.45) is 13.9. The van der Waals surface area contributed by atoms with Gasteiger partial charge >= 0.3 is 7.82 Å². The van der Waals surface area contributed by atoms with Gasteiger partial charge in [0.1, 0.15) is 17.1 Å². The van der Waals surface area contributed by atoms with E-state index >= 15 is 0 Å². The molecule has 0 aliphatic carbocycles. The first-order chi connectivity index (χ1) is 17.0. The fourth-order valence-corrected chi connectivity index (χ4v) is 5.82. The van der Waals surface area contributed by atoms with Crippen molar-refractivity contribution in [3.63, 3.8) is 0 Å². The summed E-state index contributed by atoms with van der Waals surface area (Å²) in [6.45, 7) is 12.1. The summed E-state index contributed by atoms with van der Waals surface area (Å²) in [5, 5.41) is 0. The normalized spacial score (nSPS) is 20.9. The highest BCUT2D eigenvalue weighted by Gasteiger charge is 2.32. The van der Waals surface area contributed by atoms with Gasteiger partial charge in [0, 0.05) is 0 Å². The van der Waals surface area contributed by atoms with Crippen LogP contribution in [0.5, 0.6) is 11.5 Å². The minimum atomic E-state index is -4.15. The van der Waals surface area contributed by atoms with Gasteiger partial charge in [-0.25, -0.2) is 4.57 Å². The molecule has 0 bridgehead atoms. The summed E-state index contributed by atoms with van der Waals surface area (Å²) in [4.78, 5) is 9.90. The molecule has 1 heterocycles. The van der Waals surface area contributed by atoms with Crippen LogP contribution in [0.1, 0.15) is 111 Å². The molecule has 0 spiro atoms. The zero-order valence-electron chi connectivity index (χ0n) is 23.5. The molecule has 4 atom stereocenters. The third kappa shape index (κ3) is 12.0. The van der Waals surface area contributed by atoms with Crippen LogP contribution >= 0.6 is 7.82 Å². The van der Waals surface area contributed by atoms with Gasteiger partial charge in [-0.05, 0) is 87.1 Å². The van der Waals surface area contributed by atoms with Crippen LogP contribution in [0, 0.1) is 17.8 Å². The van der Waals surface area contributed by atoms with Gasteiger partial charge in [0.2, 0.25) is 0 Å². The monoisotopic (exact) mass is 525 g/mol. The Hall–Kier alpha value is -1.07. The maximum absolute atomic E-state index is 12.1. The molecule has 1 unspecified atom stereocenters. The number of benzene rings is 1. The van der Waals surface area contributed by atoms with Crippen LogP contribution in [0.25, 0.3) is 0 Å². The quantitative estimate of drug-likeness (QED) is 0.149. The molecule has 6 nitrogen and oxygen atoms in total. The van der Waals surface area contributed by atoms with Crippen LogP contribution in [-0.4, -0.2) is 23.6 Å². The Balaban J connectivity index is 1.71. The lowest BCUT2D eigenvalue weighted by atomic mass is 9.86. The first-order valence-corrected chi connectivity index (χ1v) is 15.7. The smallest absolute Gasteiger partial charge is 0.487 e. The number of aryl methyl sites for hydroxylation is 1. The number of fused-ring (bicyclic) bond motifs is 1. The largest absolute Gasteiger partial charge is 0.527 e. The number of nitrogens with two attached hydrogens (primary N) is 1. The van der Waals surface area contributed by atoms with E-state index in [9.17, 15) is 9.46 Å². The maximum Gasteiger partial charge on any atom is 0.527 e. The van der Waals surface area contributed by atoms with Crippen molar-refractivity contribution in [2.45, 2.75) is 117 Å². The predicted molar refractivity (Wildman–Crippen MR) is 149 cm³/mol. The summed E-state index contributed by atoms with van der Waals surface area (Å²) in [5.74, 6) is 3.60. The van der Waals surface area contributed by atoms with E-state index in [1.165, 1.54) is 51.4 Å². The zero-order chi connectivity index (χ0) is 26.6. The Morgan fingerprint density at radius 3 is 2.31 bits per heavy atom. The molecule has 0 fully saturated rings. The summed E-state index contributed by atoms with van der Waals surface area (Å²) >= 11 is 0. The van der Waals surface area contributed by atoms with E-state index in [4.69, 9.17) is 19.5 Å². The number of ether oxygens (including phenoxy) is 1. The van der Waals surface area contributed by atoms with Crippen molar-refractivity contribution in [2.24, 2.45) is 23.5 Å². The maximum atomic E-state index is 12.1. The molecule has 1 aliphatic rings. The molecule has 0 radical (unpaired) electrons. The van der Waals surface area contributed by atoms with Crippen molar-refractivity contribution in [2.75, 3.05) is 13.2 Å². The van der Waals surface area contributed by atoms with Gasteiger partial charge in [0.15, 0.2) is 0 Å². The number of hydrogen-bond acceptors (Lipinski definition) is 5. The SMILES string of the molecule is CC(C)CCC[C@H](C)CCC[C@H](C)CCC[C@@]1(C)CCc2cc(OP(=O)(O)OCCCN)ccc2O1. The van der Waals surface area contributed by atoms with Gasteiger partial charge in [0.05, 0.1) is 6.61 Å². The van der Waals surface area contributed by atoms with Crippen LogP contribution in [0.3, 0.4) is 0 Å². The van der Waals surface area contributed by atoms with Crippen LogP contribution < -0.4 is 15.0 Å². The molecule has 3 N–H and O–H groups in total. The number of phosphoric acid groups is 1. The molecule has 208 valence electrons. The second-order valence-electron chi connectivity index (χ2n) is 11.7. The molecule has 1 aliphatic heterocycles. The average molecular weight is 526 g/mol. The third-order valence-corrected chi connectivity index (χ3v) is 8.36. The van der Waals surface area contributed by atoms with E-state index in [0.29, 0.717) is 18.7 Å². The number of phosphoric ester groups is 1. The Morgan fingerprint density at radius 1 is 1.03 bits per heavy atom. The van der Waals surface area contributed by atoms with Crippen molar-refractivity contribution in [3.05, 3.63) is 23.8 Å². The van der Waals surface area contributed by atoms with Gasteiger partial charge in [-0.1, -0.05) is 72.6 Å². The molecule has 1 aromatic carbocycles. The highest BCUT2D eigenvalue weighted by Crippen LogP contribution is 2.46. The van der Waals surface area contributed by atoms with E-state index in [1.807, 2.05) is 6.07 Å². The Labute approximate surface area is 220 Å². The average Bonchev–Trinajstić information content (AvgIpc) is 2.79. The summed E-state index contributed by atoms with van der Waals surface area (Å²) in [5.41, 5.74) is 6.23. The van der Waals surface area contributed by atoms with Gasteiger partial charge in [-0.2, -0.15) is 0 Å². The minimum absolute atomic E-state index is 0.0901. The molecule has 0 amide bonds. The fourth-order valence-electron chi connectivity index (χ4n) is 5.02. The van der Waals surface area contributed by atoms with Crippen molar-refractivity contribution in [1.82, 2.24) is 0 Å². The summed E-state index contributed by atoms with van der Waals surface area (Å²) in [6, 6.07) is 5.30. The van der Waals surface area contributed by atoms with Gasteiger partial charge in [-0.3, -0.25) is 9.42 Å². The van der Waals surface area contributed by atoms with Crippen LogP contribution in [0.15, 0.2) is 18.2 Å². The van der Waals surface area contributed by atoms with E-state index in [-0.39, 0.29) is 12.2 Å². The fraction of sp³-hybridized carbons (Fsp3) is 0.793. The summed E-state index contributed by atoms with van der Waals surface area (Å²) in [7, 11) is -4.15. The van der Waals surface area contributed by atoms with Crippen molar-refractivity contribution in [1.29, 1.82) is 0 Å². The first kappa shape index (κ1) is 31.1. The second kappa shape index (κ2) is 15.4. The van der Waals surface area contributed by atoms with Crippen LogP contribution in [0.4, 0.5) is 0 Å². The third-order valence-electron chi connectivity index (χ3n) is 7.41. The van der Waals surface area contributed by atoms with E-state index in [0.717, 1.165) is 48.3 Å². The van der Waals surface area contributed by atoms with E-state index < -0.39 is 7.82 Å². The van der Waals surface area contributed by atoms with Crippen LogP contribution in [-0.2, 0) is 15.5 Å². The van der Waals surface area contributed by atoms with Gasteiger partial charge in [0.25, 0.3) is 0 Å². The molecule has 1 aromatic rings. The molecule has 36 heavy (non-hydrogen) atoms. The number of rotatable bonds is 18. The summed E-state index contributed by atoms with van der Waals surface area (Å²) < 4.78 is 28.7. The molecule has 0 aromatic heterocycles. The van der Waals surface area contributed by atoms with Crippen molar-refractivity contribution < 1.29 is 23.2 Å². The van der Waals surface area contributed by atoms with Gasteiger partial charge in [-0.15, -0.1) is 0 Å². The lowest BCUT2D eigenvalue weighted by molar-refractivity contribution is 0.0523. The van der Waals surface area contributed by atoms with Crippen molar-refractivity contribution >= 4 is 7.82 Å². The molecular formula is C29H52NO5P. The zero-order valence-corrected chi connectivity index (χ0v) is 24.4. The number of hydrogen-bond donors (Lipinski definition) is 2. The Kier molecular flexibility index (Phi) is 13.3. The molecule has 0 saturated carbocycles. The van der Waals surface area contributed by atoms with E-state index in [2.05, 4.69) is 34.6 Å². The molecule has 0 saturated heterocycles. The lowest BCUT2D eigenvalue weighted by Crippen LogP contribution is -2.36. The minimum Gasteiger partial charge on any atom is -0.487 e. The Morgan fingerprint density at radius 2 is 1.67 bits per heavy atom. The van der Waals surface area contributed by atoms with E-state index in [1.54, 1.807) is 12.1 Å².